The van der Waals surface area contributed by atoms with Gasteiger partial charge in [-0.3, -0.25) is 0 Å². The Balaban J connectivity index is 2.06. The van der Waals surface area contributed by atoms with Crippen LogP contribution < -0.4 is 4.90 Å². The highest BCUT2D eigenvalue weighted by Gasteiger charge is 2.11. The lowest BCUT2D eigenvalue weighted by atomic mass is 10.1. The van der Waals surface area contributed by atoms with Crippen LogP contribution >= 0.6 is 0 Å². The molecule has 0 aliphatic carbocycles. The third-order valence-corrected chi connectivity index (χ3v) is 2.91. The summed E-state index contributed by atoms with van der Waals surface area (Å²) in [5, 5.41) is 8.68. The molecule has 0 amide bonds. The van der Waals surface area contributed by atoms with Gasteiger partial charge in [-0.15, -0.1) is 0 Å². The number of nitriles is 1. The van der Waals surface area contributed by atoms with Crippen LogP contribution in [0.25, 0.3) is 0 Å². The van der Waals surface area contributed by atoms with E-state index in [9.17, 15) is 0 Å². The number of rotatable bonds is 1. The minimum absolute atomic E-state index is 0.524. The van der Waals surface area contributed by atoms with Crippen molar-refractivity contribution in [2.24, 2.45) is 0 Å². The maximum Gasteiger partial charge on any atom is 0.225 e. The molecule has 4 nitrogen and oxygen atoms in total. The largest absolute Gasteiger partial charge is 0.341 e. The van der Waals surface area contributed by atoms with Crippen molar-refractivity contribution in [2.75, 3.05) is 18.0 Å². The standard InChI is InChI=1S/C12H16N4/c13-8-11-9-14-12(15-10-11)16-6-4-2-1-3-5-7-16/h9-10H,1-7H2. The second-order valence-electron chi connectivity index (χ2n) is 4.14. The van der Waals surface area contributed by atoms with Crippen molar-refractivity contribution in [2.45, 2.75) is 32.1 Å². The Morgan fingerprint density at radius 3 is 2.12 bits per heavy atom. The molecule has 0 unspecified atom stereocenters. The first-order valence-electron chi connectivity index (χ1n) is 5.87. The molecule has 2 heterocycles. The zero-order valence-electron chi connectivity index (χ0n) is 9.39. The third kappa shape index (κ3) is 2.69. The molecule has 16 heavy (non-hydrogen) atoms. The van der Waals surface area contributed by atoms with Crippen LogP contribution in [0.4, 0.5) is 5.95 Å². The predicted molar refractivity (Wildman–Crippen MR) is 62.0 cm³/mol. The summed E-state index contributed by atoms with van der Waals surface area (Å²) < 4.78 is 0. The van der Waals surface area contributed by atoms with E-state index in [0.29, 0.717) is 5.56 Å². The van der Waals surface area contributed by atoms with Crippen molar-refractivity contribution in [1.29, 1.82) is 5.26 Å². The normalized spacial score (nSPS) is 17.3. The quantitative estimate of drug-likeness (QED) is 0.721. The molecule has 0 saturated carbocycles. The molecule has 84 valence electrons. The van der Waals surface area contributed by atoms with Gasteiger partial charge in [0, 0.05) is 13.1 Å². The van der Waals surface area contributed by atoms with E-state index in [1.54, 1.807) is 12.4 Å². The van der Waals surface area contributed by atoms with E-state index in [1.165, 1.54) is 32.1 Å². The molecule has 4 heteroatoms. The first kappa shape index (κ1) is 10.9. The van der Waals surface area contributed by atoms with Crippen molar-refractivity contribution in [1.82, 2.24) is 9.97 Å². The molecule has 0 N–H and O–H groups in total. The molecule has 1 aromatic rings. The molecule has 0 atom stereocenters. The van der Waals surface area contributed by atoms with Gasteiger partial charge in [0.2, 0.25) is 5.95 Å². The van der Waals surface area contributed by atoms with Gasteiger partial charge in [-0.1, -0.05) is 19.3 Å². The average molecular weight is 216 g/mol. The molecule has 1 aliphatic rings. The highest BCUT2D eigenvalue weighted by molar-refractivity contribution is 5.33. The summed E-state index contributed by atoms with van der Waals surface area (Å²) in [6.45, 7) is 2.07. The number of anilines is 1. The van der Waals surface area contributed by atoms with Crippen LogP contribution in [-0.4, -0.2) is 23.1 Å². The molecule has 1 saturated heterocycles. The lowest BCUT2D eigenvalue weighted by molar-refractivity contribution is 0.550. The van der Waals surface area contributed by atoms with Crippen LogP contribution in [0.5, 0.6) is 0 Å². The Morgan fingerprint density at radius 2 is 1.56 bits per heavy atom. The topological polar surface area (TPSA) is 52.8 Å². The van der Waals surface area contributed by atoms with Gasteiger partial charge >= 0.3 is 0 Å². The van der Waals surface area contributed by atoms with Crippen LogP contribution in [0.1, 0.15) is 37.7 Å². The fraction of sp³-hybridized carbons (Fsp3) is 0.583. The summed E-state index contributed by atoms with van der Waals surface area (Å²) in [5.74, 6) is 0.765. The monoisotopic (exact) mass is 216 g/mol. The SMILES string of the molecule is N#Cc1cnc(N2CCCCCCC2)nc1. The molecular formula is C12H16N4. The fourth-order valence-electron chi connectivity index (χ4n) is 1.99. The average Bonchev–Trinajstić information content (AvgIpc) is 2.29. The van der Waals surface area contributed by atoms with Crippen molar-refractivity contribution in [3.8, 4) is 6.07 Å². The van der Waals surface area contributed by atoms with Gasteiger partial charge in [0.1, 0.15) is 6.07 Å². The fourth-order valence-corrected chi connectivity index (χ4v) is 1.99. The summed E-state index contributed by atoms with van der Waals surface area (Å²) in [7, 11) is 0. The van der Waals surface area contributed by atoms with Crippen molar-refractivity contribution < 1.29 is 0 Å². The number of hydrogen-bond donors (Lipinski definition) is 0. The summed E-state index contributed by atoms with van der Waals surface area (Å²) in [6.07, 6.45) is 9.57. The second-order valence-corrected chi connectivity index (χ2v) is 4.14. The number of hydrogen-bond acceptors (Lipinski definition) is 4. The van der Waals surface area contributed by atoms with E-state index < -0.39 is 0 Å². The van der Waals surface area contributed by atoms with E-state index in [0.717, 1.165) is 19.0 Å². The van der Waals surface area contributed by atoms with Gasteiger partial charge < -0.3 is 4.90 Å². The van der Waals surface area contributed by atoms with Crippen molar-refractivity contribution in [3.63, 3.8) is 0 Å². The van der Waals surface area contributed by atoms with E-state index in [4.69, 9.17) is 5.26 Å². The third-order valence-electron chi connectivity index (χ3n) is 2.91. The lowest BCUT2D eigenvalue weighted by Gasteiger charge is -2.24. The van der Waals surface area contributed by atoms with Crippen molar-refractivity contribution in [3.05, 3.63) is 18.0 Å². The summed E-state index contributed by atoms with van der Waals surface area (Å²) in [5.41, 5.74) is 0.524. The van der Waals surface area contributed by atoms with E-state index in [-0.39, 0.29) is 0 Å². The first-order chi connectivity index (χ1) is 7.90. The molecule has 0 bridgehead atoms. The van der Waals surface area contributed by atoms with Crippen LogP contribution in [0.3, 0.4) is 0 Å². The van der Waals surface area contributed by atoms with Gasteiger partial charge in [0.25, 0.3) is 0 Å². The molecule has 1 aromatic heterocycles. The number of nitrogens with zero attached hydrogens (tertiary/aromatic N) is 4. The van der Waals surface area contributed by atoms with Crippen LogP contribution in [-0.2, 0) is 0 Å². The van der Waals surface area contributed by atoms with Gasteiger partial charge in [-0.2, -0.15) is 5.26 Å². The smallest absolute Gasteiger partial charge is 0.225 e. The maximum atomic E-state index is 8.68. The second kappa shape index (κ2) is 5.45. The summed E-state index contributed by atoms with van der Waals surface area (Å²) in [4.78, 5) is 10.7. The van der Waals surface area contributed by atoms with Crippen LogP contribution in [0.2, 0.25) is 0 Å². The van der Waals surface area contributed by atoms with Crippen LogP contribution in [0, 0.1) is 11.3 Å². The Hall–Kier alpha value is -1.63. The molecule has 1 aliphatic heterocycles. The van der Waals surface area contributed by atoms with Gasteiger partial charge in [-0.05, 0) is 12.8 Å². The zero-order valence-corrected chi connectivity index (χ0v) is 9.39. The molecule has 1 fully saturated rings. The Bertz CT molecular complexity index is 358. The van der Waals surface area contributed by atoms with Gasteiger partial charge in [-0.25, -0.2) is 9.97 Å². The Morgan fingerprint density at radius 1 is 1.00 bits per heavy atom. The summed E-state index contributed by atoms with van der Waals surface area (Å²) >= 11 is 0. The number of aromatic nitrogens is 2. The minimum atomic E-state index is 0.524. The van der Waals surface area contributed by atoms with E-state index in [2.05, 4.69) is 14.9 Å². The minimum Gasteiger partial charge on any atom is -0.341 e. The maximum absolute atomic E-state index is 8.68. The van der Waals surface area contributed by atoms with Gasteiger partial charge in [0.15, 0.2) is 0 Å². The molecule has 0 aromatic carbocycles. The molecular weight excluding hydrogens is 200 g/mol. The Kier molecular flexibility index (Phi) is 3.71. The predicted octanol–water partition coefficient (Wildman–Crippen LogP) is 2.12. The zero-order chi connectivity index (χ0) is 11.2. The van der Waals surface area contributed by atoms with Crippen LogP contribution in [0.15, 0.2) is 12.4 Å². The molecule has 2 rings (SSSR count). The lowest BCUT2D eigenvalue weighted by Crippen LogP contribution is -2.28. The molecule has 0 radical (unpaired) electrons. The van der Waals surface area contributed by atoms with Crippen molar-refractivity contribution >= 4 is 5.95 Å². The Labute approximate surface area is 95.9 Å². The highest BCUT2D eigenvalue weighted by Crippen LogP contribution is 2.14. The van der Waals surface area contributed by atoms with E-state index in [1.807, 2.05) is 6.07 Å². The first-order valence-corrected chi connectivity index (χ1v) is 5.87. The van der Waals surface area contributed by atoms with Gasteiger partial charge in [0.05, 0.1) is 18.0 Å². The summed E-state index contributed by atoms with van der Waals surface area (Å²) in [6, 6.07) is 2.04. The van der Waals surface area contributed by atoms with E-state index >= 15 is 0 Å². The highest BCUT2D eigenvalue weighted by atomic mass is 15.2. The molecule has 0 spiro atoms.